The van der Waals surface area contributed by atoms with Gasteiger partial charge in [0.15, 0.2) is 0 Å². The maximum atomic E-state index is 12.9. The minimum absolute atomic E-state index is 0.296. The van der Waals surface area contributed by atoms with Crippen LogP contribution in [0.4, 0.5) is 22.7 Å². The van der Waals surface area contributed by atoms with Gasteiger partial charge in [-0.25, -0.2) is 0 Å². The van der Waals surface area contributed by atoms with E-state index in [-0.39, 0.29) is 5.91 Å². The lowest BCUT2D eigenvalue weighted by Crippen LogP contribution is -2.54. The number of rotatable bonds is 11. The number of hydrogen-bond acceptors (Lipinski definition) is 6. The highest BCUT2D eigenvalue weighted by Gasteiger charge is 2.40. The summed E-state index contributed by atoms with van der Waals surface area (Å²) in [6.07, 6.45) is 0.296. The Labute approximate surface area is 230 Å². The second-order valence-corrected chi connectivity index (χ2v) is 11.7. The molecule has 0 fully saturated rings. The average Bonchev–Trinajstić information content (AvgIpc) is 3.00. The largest absolute Gasteiger partial charge is 0.536 e. The Kier molecular flexibility index (Phi) is 9.25. The fraction of sp³-hybridized carbons (Fsp3) is 0.161. The molecule has 7 nitrogen and oxygen atoms in total. The third kappa shape index (κ3) is 6.42. The molecule has 1 atom stereocenters. The molecule has 4 aromatic rings. The number of amides is 1. The van der Waals surface area contributed by atoms with Crippen LogP contribution in [0, 0.1) is 17.2 Å². The molecule has 0 spiro atoms. The zero-order chi connectivity index (χ0) is 27.7. The van der Waals surface area contributed by atoms with Crippen LogP contribution in [0.5, 0.6) is 0 Å². The van der Waals surface area contributed by atoms with Gasteiger partial charge in [0.1, 0.15) is 5.92 Å². The first-order chi connectivity index (χ1) is 19.0. The molecule has 0 radical (unpaired) electrons. The van der Waals surface area contributed by atoms with Crippen LogP contribution >= 0.6 is 0 Å². The van der Waals surface area contributed by atoms with E-state index < -0.39 is 14.7 Å². The van der Waals surface area contributed by atoms with Crippen LogP contribution in [0.1, 0.15) is 5.56 Å². The summed E-state index contributed by atoms with van der Waals surface area (Å²) in [6, 6.07) is 37.4. The van der Waals surface area contributed by atoms with E-state index in [1.807, 2.05) is 60.7 Å². The number of anilines is 4. The number of benzene rings is 4. The normalized spacial score (nSPS) is 11.8. The fourth-order valence-corrected chi connectivity index (χ4v) is 6.19. The molecule has 1 amide bonds. The first-order valence-electron chi connectivity index (χ1n) is 12.5. The van der Waals surface area contributed by atoms with Crippen molar-refractivity contribution in [3.8, 4) is 6.07 Å². The van der Waals surface area contributed by atoms with Crippen LogP contribution in [0.15, 0.2) is 109 Å². The first-order valence-corrected chi connectivity index (χ1v) is 14.2. The molecule has 0 heterocycles. The zero-order valence-corrected chi connectivity index (χ0v) is 23.2. The summed E-state index contributed by atoms with van der Waals surface area (Å²) in [7, 11) is 1.66. The van der Waals surface area contributed by atoms with E-state index in [9.17, 15) is 10.1 Å². The van der Waals surface area contributed by atoms with Gasteiger partial charge in [-0.2, -0.15) is 5.26 Å². The van der Waals surface area contributed by atoms with Gasteiger partial charge < -0.3 is 23.5 Å². The molecule has 0 aliphatic carbocycles. The Morgan fingerprint density at radius 1 is 0.769 bits per heavy atom. The Morgan fingerprint density at radius 2 is 1.26 bits per heavy atom. The number of para-hydroxylation sites is 2. The molecule has 4 rings (SSSR count). The number of nitrogens with one attached hydrogen (secondary N) is 1. The number of carbonyl (C=O) groups is 1. The molecule has 0 saturated heterocycles. The zero-order valence-electron chi connectivity index (χ0n) is 22.2. The highest BCUT2D eigenvalue weighted by atomic mass is 28.4. The van der Waals surface area contributed by atoms with Crippen molar-refractivity contribution < 1.29 is 18.1 Å². The topological polar surface area (TPSA) is 83.8 Å². The van der Waals surface area contributed by atoms with E-state index in [2.05, 4.69) is 40.6 Å². The summed E-state index contributed by atoms with van der Waals surface area (Å²) >= 11 is 0. The smallest absolute Gasteiger partial charge is 0.373 e. The summed E-state index contributed by atoms with van der Waals surface area (Å²) in [5.41, 5.74) is 4.54. The molecular weight excluding hydrogens is 506 g/mol. The van der Waals surface area contributed by atoms with Crippen LogP contribution in [-0.4, -0.2) is 36.0 Å². The van der Waals surface area contributed by atoms with Crippen LogP contribution in [0.2, 0.25) is 0 Å². The first kappa shape index (κ1) is 27.8. The van der Waals surface area contributed by atoms with Gasteiger partial charge in [-0.3, -0.25) is 4.79 Å². The second kappa shape index (κ2) is 13.0. The van der Waals surface area contributed by atoms with Crippen molar-refractivity contribution in [3.05, 3.63) is 115 Å². The lowest BCUT2D eigenvalue weighted by atomic mass is 9.99. The van der Waals surface area contributed by atoms with E-state index in [1.165, 1.54) is 0 Å². The van der Waals surface area contributed by atoms with Crippen molar-refractivity contribution >= 4 is 42.6 Å². The highest BCUT2D eigenvalue weighted by molar-refractivity contribution is 6.75. The average molecular weight is 538 g/mol. The molecule has 0 aliphatic rings. The second-order valence-electron chi connectivity index (χ2n) is 8.79. The quantitative estimate of drug-likeness (QED) is 0.252. The van der Waals surface area contributed by atoms with Gasteiger partial charge in [0.2, 0.25) is 5.91 Å². The van der Waals surface area contributed by atoms with E-state index >= 15 is 0 Å². The number of hydrogen-bond donors (Lipinski definition) is 1. The minimum Gasteiger partial charge on any atom is -0.373 e. The molecule has 0 saturated carbocycles. The Bertz CT molecular complexity index is 1340. The molecule has 1 unspecified atom stereocenters. The standard InChI is InChI=1S/C31H31N3O4Si/c1-36-39(37-2,38-3)30-20-16-26(17-21-30)33-31(35)25(23-32)22-24-14-18-29(19-15-24)34(27-10-6-4-7-11-27)28-12-8-5-9-13-28/h4-21,25H,22H2,1-3H3,(H,33,35). The fourth-order valence-electron chi connectivity index (χ4n) is 4.41. The summed E-state index contributed by atoms with van der Waals surface area (Å²) in [6.45, 7) is 0. The molecule has 0 aliphatic heterocycles. The number of carbonyl (C=O) groups excluding carboxylic acids is 1. The van der Waals surface area contributed by atoms with Crippen molar-refractivity contribution in [1.29, 1.82) is 5.26 Å². The Balaban J connectivity index is 1.47. The van der Waals surface area contributed by atoms with Gasteiger partial charge in [-0.05, 0) is 60.5 Å². The molecule has 39 heavy (non-hydrogen) atoms. The van der Waals surface area contributed by atoms with Gasteiger partial charge in [0.25, 0.3) is 0 Å². The monoisotopic (exact) mass is 537 g/mol. The maximum absolute atomic E-state index is 12.9. The van der Waals surface area contributed by atoms with Gasteiger partial charge in [-0.1, -0.05) is 60.7 Å². The Hall–Kier alpha value is -4.26. The van der Waals surface area contributed by atoms with Crippen LogP contribution in [0.25, 0.3) is 0 Å². The molecule has 4 aromatic carbocycles. The molecule has 1 N–H and O–H groups in total. The molecule has 198 valence electrons. The van der Waals surface area contributed by atoms with Crippen molar-refractivity contribution in [3.63, 3.8) is 0 Å². The maximum Gasteiger partial charge on any atom is 0.536 e. The van der Waals surface area contributed by atoms with Crippen LogP contribution in [0.3, 0.4) is 0 Å². The lowest BCUT2D eigenvalue weighted by Gasteiger charge is -2.25. The van der Waals surface area contributed by atoms with Gasteiger partial charge in [0, 0.05) is 49.3 Å². The molecule has 0 bridgehead atoms. The summed E-state index contributed by atoms with van der Waals surface area (Å²) in [4.78, 5) is 15.1. The molecular formula is C31H31N3O4Si. The summed E-state index contributed by atoms with van der Waals surface area (Å²) in [5.74, 6) is -1.21. The minimum atomic E-state index is -2.96. The predicted octanol–water partition coefficient (Wildman–Crippen LogP) is 5.56. The number of nitriles is 1. The molecule has 8 heteroatoms. The predicted molar refractivity (Wildman–Crippen MR) is 155 cm³/mol. The Morgan fingerprint density at radius 3 is 1.72 bits per heavy atom. The number of nitrogens with zero attached hydrogens (tertiary/aromatic N) is 2. The molecule has 0 aromatic heterocycles. The van der Waals surface area contributed by atoms with Gasteiger partial charge >= 0.3 is 8.80 Å². The van der Waals surface area contributed by atoms with E-state index in [0.717, 1.165) is 27.8 Å². The summed E-state index contributed by atoms with van der Waals surface area (Å²) < 4.78 is 16.5. The third-order valence-electron chi connectivity index (χ3n) is 6.45. The van der Waals surface area contributed by atoms with Gasteiger partial charge in [0.05, 0.1) is 6.07 Å². The summed E-state index contributed by atoms with van der Waals surface area (Å²) in [5, 5.41) is 13.4. The highest BCUT2D eigenvalue weighted by Crippen LogP contribution is 2.34. The van der Waals surface area contributed by atoms with Crippen molar-refractivity contribution in [2.75, 3.05) is 31.5 Å². The third-order valence-corrected chi connectivity index (χ3v) is 9.10. The van der Waals surface area contributed by atoms with Gasteiger partial charge in [-0.15, -0.1) is 0 Å². The van der Waals surface area contributed by atoms with E-state index in [4.69, 9.17) is 13.3 Å². The lowest BCUT2D eigenvalue weighted by molar-refractivity contribution is -0.118. The van der Waals surface area contributed by atoms with E-state index in [0.29, 0.717) is 12.1 Å². The van der Waals surface area contributed by atoms with Crippen LogP contribution < -0.4 is 15.4 Å². The van der Waals surface area contributed by atoms with E-state index in [1.54, 1.807) is 45.6 Å². The van der Waals surface area contributed by atoms with Crippen molar-refractivity contribution in [2.24, 2.45) is 5.92 Å². The SMILES string of the molecule is CO[Si](OC)(OC)c1ccc(NC(=O)C(C#N)Cc2ccc(N(c3ccccc3)c3ccccc3)cc2)cc1. The van der Waals surface area contributed by atoms with Crippen molar-refractivity contribution in [2.45, 2.75) is 6.42 Å². The van der Waals surface area contributed by atoms with Crippen LogP contribution in [-0.2, 0) is 24.5 Å². The van der Waals surface area contributed by atoms with Crippen molar-refractivity contribution in [1.82, 2.24) is 0 Å².